The van der Waals surface area contributed by atoms with Gasteiger partial charge in [-0.2, -0.15) is 0 Å². The van der Waals surface area contributed by atoms with Gasteiger partial charge in [0, 0.05) is 20.3 Å². The van der Waals surface area contributed by atoms with Gasteiger partial charge in [-0.3, -0.25) is 4.79 Å². The molecule has 5 nitrogen and oxygen atoms in total. The van der Waals surface area contributed by atoms with Gasteiger partial charge in [0.05, 0.1) is 18.4 Å². The summed E-state index contributed by atoms with van der Waals surface area (Å²) in [6.07, 6.45) is 0.711. The summed E-state index contributed by atoms with van der Waals surface area (Å²) in [6.45, 7) is 0. The minimum absolute atomic E-state index is 0.0361. The first-order valence-corrected chi connectivity index (χ1v) is 5.24. The van der Waals surface area contributed by atoms with Crippen LogP contribution in [0.3, 0.4) is 0 Å². The number of aliphatic hydroxyl groups is 1. The van der Waals surface area contributed by atoms with E-state index in [1.54, 1.807) is 6.20 Å². The van der Waals surface area contributed by atoms with Crippen LogP contribution in [0.5, 0.6) is 0 Å². The molecule has 0 aromatic carbocycles. The van der Waals surface area contributed by atoms with E-state index >= 15 is 0 Å². The quantitative estimate of drug-likeness (QED) is 0.775. The maximum absolute atomic E-state index is 10.9. The Morgan fingerprint density at radius 3 is 2.87 bits per heavy atom. The Labute approximate surface area is 92.3 Å². The summed E-state index contributed by atoms with van der Waals surface area (Å²) in [4.78, 5) is 17.5. The average Bonchev–Trinajstić information content (AvgIpc) is 2.66. The number of anilines is 1. The van der Waals surface area contributed by atoms with Crippen LogP contribution in [0.15, 0.2) is 6.20 Å². The first kappa shape index (κ1) is 11.9. The summed E-state index contributed by atoms with van der Waals surface area (Å²) < 4.78 is 4.47. The molecular formula is C9H14N2O3S. The van der Waals surface area contributed by atoms with Gasteiger partial charge in [0.1, 0.15) is 6.10 Å². The molecule has 0 unspecified atom stereocenters. The Balaban J connectivity index is 2.65. The average molecular weight is 230 g/mol. The number of methoxy groups -OCH3 is 1. The number of thiazole rings is 1. The van der Waals surface area contributed by atoms with Crippen LogP contribution in [0.2, 0.25) is 0 Å². The van der Waals surface area contributed by atoms with Crippen molar-refractivity contribution in [3.8, 4) is 0 Å². The van der Waals surface area contributed by atoms with Crippen LogP contribution in [0.4, 0.5) is 5.13 Å². The topological polar surface area (TPSA) is 62.7 Å². The van der Waals surface area contributed by atoms with E-state index in [-0.39, 0.29) is 6.42 Å². The molecule has 0 bridgehead atoms. The fourth-order valence-corrected chi connectivity index (χ4v) is 1.80. The lowest BCUT2D eigenvalue weighted by Crippen LogP contribution is -2.07. The van der Waals surface area contributed by atoms with Gasteiger partial charge >= 0.3 is 5.97 Å². The third-order valence-electron chi connectivity index (χ3n) is 1.81. The van der Waals surface area contributed by atoms with Crippen molar-refractivity contribution in [2.75, 3.05) is 26.1 Å². The van der Waals surface area contributed by atoms with Crippen LogP contribution in [0, 0.1) is 0 Å². The van der Waals surface area contributed by atoms with Crippen molar-refractivity contribution in [1.82, 2.24) is 4.98 Å². The van der Waals surface area contributed by atoms with Crippen molar-refractivity contribution in [3.05, 3.63) is 11.1 Å². The largest absolute Gasteiger partial charge is 0.469 e. The van der Waals surface area contributed by atoms with Gasteiger partial charge in [0.15, 0.2) is 5.13 Å². The molecule has 0 aliphatic carbocycles. The van der Waals surface area contributed by atoms with E-state index < -0.39 is 12.1 Å². The van der Waals surface area contributed by atoms with E-state index in [1.165, 1.54) is 18.4 Å². The van der Waals surface area contributed by atoms with Crippen LogP contribution in [-0.2, 0) is 9.53 Å². The number of esters is 1. The standard InChI is InChI=1S/C9H14N2O3S/c1-11(2)9-10-5-7(15-9)6(12)4-8(13)14-3/h5-6,12H,4H2,1-3H3/t6-/m0/s1. The van der Waals surface area contributed by atoms with Crippen molar-refractivity contribution in [2.45, 2.75) is 12.5 Å². The minimum Gasteiger partial charge on any atom is -0.469 e. The van der Waals surface area contributed by atoms with Crippen molar-refractivity contribution >= 4 is 22.4 Å². The molecule has 1 aromatic heterocycles. The highest BCUT2D eigenvalue weighted by Crippen LogP contribution is 2.27. The zero-order valence-corrected chi connectivity index (χ0v) is 9.74. The summed E-state index contributed by atoms with van der Waals surface area (Å²) >= 11 is 1.36. The monoisotopic (exact) mass is 230 g/mol. The number of rotatable bonds is 4. The van der Waals surface area contributed by atoms with Crippen LogP contribution in [-0.4, -0.2) is 37.3 Å². The van der Waals surface area contributed by atoms with Crippen LogP contribution in [0.1, 0.15) is 17.4 Å². The molecule has 0 fully saturated rings. The molecule has 1 aromatic rings. The van der Waals surface area contributed by atoms with E-state index in [1.807, 2.05) is 19.0 Å². The van der Waals surface area contributed by atoms with Gasteiger partial charge in [-0.15, -0.1) is 0 Å². The van der Waals surface area contributed by atoms with Crippen molar-refractivity contribution < 1.29 is 14.6 Å². The Kier molecular flexibility index (Phi) is 4.05. The Morgan fingerprint density at radius 1 is 1.73 bits per heavy atom. The van der Waals surface area contributed by atoms with E-state index in [4.69, 9.17) is 0 Å². The lowest BCUT2D eigenvalue weighted by atomic mass is 10.2. The van der Waals surface area contributed by atoms with E-state index in [2.05, 4.69) is 9.72 Å². The van der Waals surface area contributed by atoms with Gasteiger partial charge in [-0.25, -0.2) is 4.98 Å². The summed E-state index contributed by atoms with van der Waals surface area (Å²) in [5.74, 6) is -0.428. The molecule has 0 amide bonds. The van der Waals surface area contributed by atoms with Gasteiger partial charge in [-0.05, 0) is 0 Å². The molecule has 1 heterocycles. The summed E-state index contributed by atoms with van der Waals surface area (Å²) in [5.41, 5.74) is 0. The first-order valence-electron chi connectivity index (χ1n) is 4.42. The number of carbonyl (C=O) groups is 1. The molecule has 84 valence electrons. The second-order valence-electron chi connectivity index (χ2n) is 3.24. The number of hydrogen-bond donors (Lipinski definition) is 1. The summed E-state index contributed by atoms with van der Waals surface area (Å²) in [5, 5.41) is 10.5. The van der Waals surface area contributed by atoms with Gasteiger partial charge < -0.3 is 14.7 Å². The van der Waals surface area contributed by atoms with Crippen molar-refractivity contribution in [3.63, 3.8) is 0 Å². The third kappa shape index (κ3) is 3.17. The zero-order chi connectivity index (χ0) is 11.4. The van der Waals surface area contributed by atoms with E-state index in [0.717, 1.165) is 5.13 Å². The molecular weight excluding hydrogens is 216 g/mol. The van der Waals surface area contributed by atoms with Crippen LogP contribution in [0.25, 0.3) is 0 Å². The maximum Gasteiger partial charge on any atom is 0.308 e. The lowest BCUT2D eigenvalue weighted by Gasteiger charge is -2.07. The number of aromatic nitrogens is 1. The molecule has 1 atom stereocenters. The molecule has 0 saturated heterocycles. The van der Waals surface area contributed by atoms with Gasteiger partial charge in [0.25, 0.3) is 0 Å². The highest BCUT2D eigenvalue weighted by molar-refractivity contribution is 7.15. The Hall–Kier alpha value is -1.14. The number of aliphatic hydroxyl groups excluding tert-OH is 1. The van der Waals surface area contributed by atoms with Crippen LogP contribution >= 0.6 is 11.3 Å². The SMILES string of the molecule is COC(=O)C[C@H](O)c1cnc(N(C)C)s1. The molecule has 1 N–H and O–H groups in total. The van der Waals surface area contributed by atoms with E-state index in [9.17, 15) is 9.90 Å². The second-order valence-corrected chi connectivity index (χ2v) is 4.28. The smallest absolute Gasteiger partial charge is 0.308 e. The normalized spacial score (nSPS) is 12.3. The fraction of sp³-hybridized carbons (Fsp3) is 0.556. The molecule has 15 heavy (non-hydrogen) atoms. The maximum atomic E-state index is 10.9. The number of ether oxygens (including phenoxy) is 1. The molecule has 6 heteroatoms. The third-order valence-corrected chi connectivity index (χ3v) is 3.08. The molecule has 0 aliphatic rings. The Bertz CT molecular complexity index is 338. The predicted molar refractivity (Wildman–Crippen MR) is 58.0 cm³/mol. The fourth-order valence-electron chi connectivity index (χ4n) is 0.980. The molecule has 0 saturated carbocycles. The summed E-state index contributed by atoms with van der Waals surface area (Å²) in [6, 6.07) is 0. The van der Waals surface area contributed by atoms with Gasteiger partial charge in [-0.1, -0.05) is 11.3 Å². The molecule has 0 spiro atoms. The predicted octanol–water partition coefficient (Wildman–Crippen LogP) is 0.806. The minimum atomic E-state index is -0.830. The highest BCUT2D eigenvalue weighted by Gasteiger charge is 2.16. The van der Waals surface area contributed by atoms with Gasteiger partial charge in [0.2, 0.25) is 0 Å². The molecule has 0 radical (unpaired) electrons. The van der Waals surface area contributed by atoms with E-state index in [0.29, 0.717) is 4.88 Å². The zero-order valence-electron chi connectivity index (χ0n) is 8.93. The summed E-state index contributed by atoms with van der Waals surface area (Å²) in [7, 11) is 5.04. The Morgan fingerprint density at radius 2 is 2.40 bits per heavy atom. The van der Waals surface area contributed by atoms with Crippen molar-refractivity contribution in [1.29, 1.82) is 0 Å². The number of carbonyl (C=O) groups excluding carboxylic acids is 1. The number of nitrogens with zero attached hydrogens (tertiary/aromatic N) is 2. The molecule has 1 rings (SSSR count). The highest BCUT2D eigenvalue weighted by atomic mass is 32.1. The lowest BCUT2D eigenvalue weighted by molar-refractivity contribution is -0.142. The number of hydrogen-bond acceptors (Lipinski definition) is 6. The van der Waals surface area contributed by atoms with Crippen molar-refractivity contribution in [2.24, 2.45) is 0 Å². The first-order chi connectivity index (χ1) is 7.04. The molecule has 0 aliphatic heterocycles. The van der Waals surface area contributed by atoms with Crippen LogP contribution < -0.4 is 4.90 Å². The second kappa shape index (κ2) is 5.09.